The molecule has 2 rings (SSSR count). The summed E-state index contributed by atoms with van der Waals surface area (Å²) in [6, 6.07) is 6.26. The highest BCUT2D eigenvalue weighted by molar-refractivity contribution is 9.10. The molecular weight excluding hydrogens is 355 g/mol. The molecule has 0 aromatic heterocycles. The van der Waals surface area contributed by atoms with E-state index in [1.807, 2.05) is 0 Å². The van der Waals surface area contributed by atoms with E-state index in [9.17, 15) is 13.2 Å². The molecule has 1 nitrogen and oxygen atoms in total. The minimum absolute atomic E-state index is 0.000877. The number of hydrogen-bond acceptors (Lipinski definition) is 1. The maximum atomic E-state index is 13.8. The van der Waals surface area contributed by atoms with Crippen LogP contribution in [-0.2, 0) is 6.42 Å². The fourth-order valence-electron chi connectivity index (χ4n) is 1.88. The molecule has 0 saturated heterocycles. The second-order valence-electron chi connectivity index (χ2n) is 4.29. The topological polar surface area (TPSA) is 26.0 Å². The average molecular weight is 365 g/mol. The van der Waals surface area contributed by atoms with E-state index in [-0.39, 0.29) is 15.9 Å². The predicted molar refractivity (Wildman–Crippen MR) is 76.1 cm³/mol. The van der Waals surface area contributed by atoms with Gasteiger partial charge < -0.3 is 5.73 Å². The molecule has 106 valence electrons. The zero-order valence-corrected chi connectivity index (χ0v) is 12.5. The highest BCUT2D eigenvalue weighted by Crippen LogP contribution is 2.29. The number of nitrogens with two attached hydrogens (primary N) is 1. The van der Waals surface area contributed by atoms with Crippen molar-refractivity contribution in [1.29, 1.82) is 0 Å². The quantitative estimate of drug-likeness (QED) is 0.781. The van der Waals surface area contributed by atoms with Gasteiger partial charge >= 0.3 is 0 Å². The second-order valence-corrected chi connectivity index (χ2v) is 5.49. The van der Waals surface area contributed by atoms with Crippen LogP contribution in [0.15, 0.2) is 34.8 Å². The lowest BCUT2D eigenvalue weighted by Crippen LogP contribution is -2.15. The minimum Gasteiger partial charge on any atom is -0.324 e. The minimum atomic E-state index is -1.01. The van der Waals surface area contributed by atoms with Crippen LogP contribution >= 0.6 is 27.5 Å². The molecule has 0 aliphatic carbocycles. The van der Waals surface area contributed by atoms with Gasteiger partial charge in [0.05, 0.1) is 9.50 Å². The van der Waals surface area contributed by atoms with Crippen LogP contribution in [0, 0.1) is 17.5 Å². The molecule has 0 aliphatic rings. The molecule has 0 spiro atoms. The van der Waals surface area contributed by atoms with Gasteiger partial charge in [-0.25, -0.2) is 13.2 Å². The first-order valence-electron chi connectivity index (χ1n) is 5.73. The summed E-state index contributed by atoms with van der Waals surface area (Å²) in [5.41, 5.74) is 6.62. The lowest BCUT2D eigenvalue weighted by Gasteiger charge is -2.15. The van der Waals surface area contributed by atoms with E-state index < -0.39 is 23.5 Å². The highest BCUT2D eigenvalue weighted by atomic mass is 79.9. The maximum absolute atomic E-state index is 13.8. The van der Waals surface area contributed by atoms with Crippen molar-refractivity contribution in [2.75, 3.05) is 0 Å². The molecule has 0 amide bonds. The summed E-state index contributed by atoms with van der Waals surface area (Å²) in [7, 11) is 0. The molecule has 2 N–H and O–H groups in total. The molecule has 2 aromatic carbocycles. The normalized spacial score (nSPS) is 12.5. The molecule has 2 aromatic rings. The molecule has 1 unspecified atom stereocenters. The van der Waals surface area contributed by atoms with Crippen molar-refractivity contribution in [3.63, 3.8) is 0 Å². The average Bonchev–Trinajstić information content (AvgIpc) is 2.41. The van der Waals surface area contributed by atoms with Gasteiger partial charge in [0.25, 0.3) is 0 Å². The van der Waals surface area contributed by atoms with Crippen LogP contribution in [0.1, 0.15) is 17.2 Å². The molecular formula is C14H10BrClF3N. The Morgan fingerprint density at radius 2 is 1.80 bits per heavy atom. The van der Waals surface area contributed by atoms with Gasteiger partial charge in [-0.1, -0.05) is 29.8 Å². The second kappa shape index (κ2) is 6.16. The van der Waals surface area contributed by atoms with Gasteiger partial charge in [0.2, 0.25) is 0 Å². The van der Waals surface area contributed by atoms with Gasteiger partial charge in [-0.15, -0.1) is 0 Å². The number of halogens is 5. The van der Waals surface area contributed by atoms with E-state index >= 15 is 0 Å². The standard InChI is InChI=1S/C14H10BrClF3N/c15-12-8(4-5-10(17)14(12)19)11(20)6-7-2-1-3-9(16)13(7)18/h1-5,11H,6,20H2. The van der Waals surface area contributed by atoms with Crippen LogP contribution in [0.3, 0.4) is 0 Å². The van der Waals surface area contributed by atoms with Crippen molar-refractivity contribution in [3.05, 3.63) is 68.4 Å². The molecule has 0 saturated carbocycles. The Hall–Kier alpha value is -1.04. The largest absolute Gasteiger partial charge is 0.324 e. The summed E-state index contributed by atoms with van der Waals surface area (Å²) < 4.78 is 40.2. The number of rotatable bonds is 3. The van der Waals surface area contributed by atoms with Crippen molar-refractivity contribution < 1.29 is 13.2 Å². The van der Waals surface area contributed by atoms with E-state index in [2.05, 4.69) is 15.9 Å². The fraction of sp³-hybridized carbons (Fsp3) is 0.143. The lowest BCUT2D eigenvalue weighted by molar-refractivity contribution is 0.499. The monoisotopic (exact) mass is 363 g/mol. The van der Waals surface area contributed by atoms with Gasteiger partial charge in [-0.05, 0) is 45.6 Å². The third-order valence-corrected chi connectivity index (χ3v) is 4.03. The van der Waals surface area contributed by atoms with Crippen LogP contribution in [-0.4, -0.2) is 0 Å². The van der Waals surface area contributed by atoms with E-state index in [1.54, 1.807) is 12.1 Å². The van der Waals surface area contributed by atoms with Gasteiger partial charge in [0, 0.05) is 6.04 Å². The smallest absolute Gasteiger partial charge is 0.173 e. The van der Waals surface area contributed by atoms with Crippen LogP contribution in [0.2, 0.25) is 5.02 Å². The van der Waals surface area contributed by atoms with Gasteiger partial charge in [-0.3, -0.25) is 0 Å². The lowest BCUT2D eigenvalue weighted by atomic mass is 9.99. The van der Waals surface area contributed by atoms with Crippen molar-refractivity contribution in [3.8, 4) is 0 Å². The highest BCUT2D eigenvalue weighted by Gasteiger charge is 2.18. The van der Waals surface area contributed by atoms with Crippen molar-refractivity contribution >= 4 is 27.5 Å². The zero-order valence-electron chi connectivity index (χ0n) is 10.1. The summed E-state index contributed by atoms with van der Waals surface area (Å²) >= 11 is 8.65. The molecule has 0 fully saturated rings. The summed E-state index contributed by atoms with van der Waals surface area (Å²) in [5, 5.41) is -0.000877. The van der Waals surface area contributed by atoms with Crippen molar-refractivity contribution in [1.82, 2.24) is 0 Å². The summed E-state index contributed by atoms with van der Waals surface area (Å²) in [4.78, 5) is 0. The van der Waals surface area contributed by atoms with E-state index in [0.29, 0.717) is 11.1 Å². The third kappa shape index (κ3) is 3.00. The first kappa shape index (κ1) is 15.4. The Morgan fingerprint density at radius 1 is 1.10 bits per heavy atom. The van der Waals surface area contributed by atoms with Crippen LogP contribution in [0.4, 0.5) is 13.2 Å². The Morgan fingerprint density at radius 3 is 2.50 bits per heavy atom. The molecule has 1 atom stereocenters. The molecule has 0 bridgehead atoms. The van der Waals surface area contributed by atoms with Crippen molar-refractivity contribution in [2.24, 2.45) is 5.73 Å². The molecule has 0 aliphatic heterocycles. The van der Waals surface area contributed by atoms with Gasteiger partial charge in [0.1, 0.15) is 5.82 Å². The predicted octanol–water partition coefficient (Wildman–Crippen LogP) is 4.76. The molecule has 0 radical (unpaired) electrons. The Labute approximate surface area is 127 Å². The van der Waals surface area contributed by atoms with Gasteiger partial charge in [-0.2, -0.15) is 0 Å². The Balaban J connectivity index is 2.31. The first-order valence-corrected chi connectivity index (χ1v) is 6.90. The molecule has 20 heavy (non-hydrogen) atoms. The third-order valence-electron chi connectivity index (χ3n) is 2.94. The van der Waals surface area contributed by atoms with Crippen LogP contribution in [0.25, 0.3) is 0 Å². The summed E-state index contributed by atoms with van der Waals surface area (Å²) in [5.74, 6) is -2.53. The van der Waals surface area contributed by atoms with Crippen LogP contribution in [0.5, 0.6) is 0 Å². The first-order chi connectivity index (χ1) is 9.41. The summed E-state index contributed by atoms with van der Waals surface area (Å²) in [6.07, 6.45) is 0.121. The number of benzene rings is 2. The van der Waals surface area contributed by atoms with Crippen LogP contribution < -0.4 is 5.73 Å². The maximum Gasteiger partial charge on any atom is 0.173 e. The molecule has 6 heteroatoms. The van der Waals surface area contributed by atoms with E-state index in [1.165, 1.54) is 12.1 Å². The number of hydrogen-bond donors (Lipinski definition) is 1. The Kier molecular flexibility index (Phi) is 4.73. The Bertz CT molecular complexity index is 649. The summed E-state index contributed by atoms with van der Waals surface area (Å²) in [6.45, 7) is 0. The SMILES string of the molecule is NC(Cc1cccc(Cl)c1F)c1ccc(F)c(F)c1Br. The van der Waals surface area contributed by atoms with E-state index in [4.69, 9.17) is 17.3 Å². The fourth-order valence-corrected chi connectivity index (χ4v) is 2.69. The van der Waals surface area contributed by atoms with Gasteiger partial charge in [0.15, 0.2) is 11.6 Å². The van der Waals surface area contributed by atoms with Crippen molar-refractivity contribution in [2.45, 2.75) is 12.5 Å². The molecule has 0 heterocycles. The van der Waals surface area contributed by atoms with E-state index in [0.717, 1.165) is 6.07 Å². The zero-order chi connectivity index (χ0) is 14.9.